The molecule has 172 valence electrons. The first-order valence-electron chi connectivity index (χ1n) is 10.1. The Bertz CT molecular complexity index is 1120. The van der Waals surface area contributed by atoms with E-state index in [-0.39, 0.29) is 39.6 Å². The number of carbonyl (C=O) groups excluding carboxylic acids is 2. The Balaban J connectivity index is 1.88. The molecule has 0 radical (unpaired) electrons. The number of sulfonamides is 1. The van der Waals surface area contributed by atoms with Crippen LogP contribution in [-0.2, 0) is 14.8 Å². The van der Waals surface area contributed by atoms with Gasteiger partial charge in [-0.25, -0.2) is 8.42 Å². The van der Waals surface area contributed by atoms with Crippen LogP contribution >= 0.6 is 0 Å². The van der Waals surface area contributed by atoms with Crippen LogP contribution in [0.5, 0.6) is 11.5 Å². The number of piperidine rings is 1. The molecule has 0 unspecified atom stereocenters. The van der Waals surface area contributed by atoms with E-state index in [9.17, 15) is 18.0 Å². The predicted molar refractivity (Wildman–Crippen MR) is 119 cm³/mol. The number of rotatable bonds is 7. The summed E-state index contributed by atoms with van der Waals surface area (Å²) in [7, 11) is -1.13. The number of methoxy groups -OCH3 is 2. The molecule has 9 nitrogen and oxygen atoms in total. The van der Waals surface area contributed by atoms with Crippen LogP contribution in [0.4, 0.5) is 5.69 Å². The molecule has 1 aliphatic rings. The fourth-order valence-electron chi connectivity index (χ4n) is 3.75. The van der Waals surface area contributed by atoms with Crippen molar-refractivity contribution in [2.75, 3.05) is 32.0 Å². The van der Waals surface area contributed by atoms with Crippen LogP contribution < -0.4 is 19.9 Å². The van der Waals surface area contributed by atoms with Gasteiger partial charge in [-0.3, -0.25) is 14.3 Å². The standard InChI is InChI=1S/C22H27N3O6S/c1-14-12-18(30-2)19(31-3)13-20(14)32(28,29)24-17-7-5-4-6-16(17)22(27)25-10-8-15(9-11-25)21(23)26/h4-7,12-13,15,24H,8-11H2,1-3H3,(H2,23,26). The molecule has 2 amide bonds. The lowest BCUT2D eigenvalue weighted by Gasteiger charge is -2.31. The van der Waals surface area contributed by atoms with Crippen molar-refractivity contribution in [2.24, 2.45) is 11.7 Å². The minimum atomic E-state index is -4.03. The second-order valence-corrected chi connectivity index (χ2v) is 9.24. The molecule has 0 aromatic heterocycles. The van der Waals surface area contributed by atoms with Crippen molar-refractivity contribution in [3.8, 4) is 11.5 Å². The molecule has 1 fully saturated rings. The first kappa shape index (κ1) is 23.4. The zero-order chi connectivity index (χ0) is 23.5. The molecule has 2 aromatic carbocycles. The number of carbonyl (C=O) groups is 2. The number of amides is 2. The van der Waals surface area contributed by atoms with E-state index in [4.69, 9.17) is 15.2 Å². The molecule has 1 heterocycles. The van der Waals surface area contributed by atoms with Gasteiger partial charge in [0.2, 0.25) is 5.91 Å². The lowest BCUT2D eigenvalue weighted by atomic mass is 9.96. The average molecular weight is 462 g/mol. The maximum Gasteiger partial charge on any atom is 0.262 e. The highest BCUT2D eigenvalue weighted by Crippen LogP contribution is 2.33. The third kappa shape index (κ3) is 4.80. The fourth-order valence-corrected chi connectivity index (χ4v) is 5.07. The SMILES string of the molecule is COc1cc(C)c(S(=O)(=O)Nc2ccccc2C(=O)N2CCC(C(N)=O)CC2)cc1OC. The molecule has 10 heteroatoms. The third-order valence-corrected chi connectivity index (χ3v) is 7.06. The Morgan fingerprint density at radius 1 is 1.06 bits per heavy atom. The summed E-state index contributed by atoms with van der Waals surface area (Å²) < 4.78 is 39.3. The van der Waals surface area contributed by atoms with E-state index >= 15 is 0 Å². The van der Waals surface area contributed by atoms with Crippen LogP contribution in [0, 0.1) is 12.8 Å². The lowest BCUT2D eigenvalue weighted by molar-refractivity contribution is -0.123. The average Bonchev–Trinajstić information content (AvgIpc) is 2.78. The molecule has 0 bridgehead atoms. The number of ether oxygens (including phenoxy) is 2. The molecule has 0 aliphatic carbocycles. The Kier molecular flexibility index (Phi) is 6.93. The Hall–Kier alpha value is -3.27. The fraction of sp³-hybridized carbons (Fsp3) is 0.364. The van der Waals surface area contributed by atoms with Gasteiger partial charge < -0.3 is 20.1 Å². The number of hydrogen-bond donors (Lipinski definition) is 2. The monoisotopic (exact) mass is 461 g/mol. The molecule has 32 heavy (non-hydrogen) atoms. The van der Waals surface area contributed by atoms with Gasteiger partial charge in [0.15, 0.2) is 11.5 Å². The summed E-state index contributed by atoms with van der Waals surface area (Å²) in [6.45, 7) is 2.40. The summed E-state index contributed by atoms with van der Waals surface area (Å²) >= 11 is 0. The van der Waals surface area contributed by atoms with Crippen molar-refractivity contribution in [1.82, 2.24) is 4.90 Å². The summed E-state index contributed by atoms with van der Waals surface area (Å²) in [6.07, 6.45) is 0.972. The normalized spacial score (nSPS) is 14.7. The zero-order valence-electron chi connectivity index (χ0n) is 18.3. The Morgan fingerprint density at radius 2 is 1.66 bits per heavy atom. The van der Waals surface area contributed by atoms with Crippen LogP contribution in [0.25, 0.3) is 0 Å². The Morgan fingerprint density at radius 3 is 2.25 bits per heavy atom. The second-order valence-electron chi connectivity index (χ2n) is 7.59. The maximum atomic E-state index is 13.2. The van der Waals surface area contributed by atoms with Crippen molar-refractivity contribution >= 4 is 27.5 Å². The van der Waals surface area contributed by atoms with Crippen molar-refractivity contribution < 1.29 is 27.5 Å². The van der Waals surface area contributed by atoms with Crippen LogP contribution in [0.3, 0.4) is 0 Å². The predicted octanol–water partition coefficient (Wildman–Crippen LogP) is 2.15. The molecule has 3 rings (SSSR count). The molecule has 1 saturated heterocycles. The van der Waals surface area contributed by atoms with E-state index in [0.717, 1.165) is 0 Å². The minimum absolute atomic E-state index is 0.0136. The topological polar surface area (TPSA) is 128 Å². The van der Waals surface area contributed by atoms with Crippen LogP contribution in [0.15, 0.2) is 41.3 Å². The van der Waals surface area contributed by atoms with Crippen molar-refractivity contribution in [1.29, 1.82) is 0 Å². The van der Waals surface area contributed by atoms with Gasteiger partial charge in [-0.15, -0.1) is 0 Å². The molecule has 3 N–H and O–H groups in total. The number of nitrogens with zero attached hydrogens (tertiary/aromatic N) is 1. The highest BCUT2D eigenvalue weighted by Gasteiger charge is 2.29. The number of likely N-dealkylation sites (tertiary alicyclic amines) is 1. The van der Waals surface area contributed by atoms with Gasteiger partial charge in [0, 0.05) is 25.1 Å². The van der Waals surface area contributed by atoms with E-state index in [1.54, 1.807) is 36.1 Å². The minimum Gasteiger partial charge on any atom is -0.493 e. The van der Waals surface area contributed by atoms with E-state index in [0.29, 0.717) is 37.2 Å². The van der Waals surface area contributed by atoms with Crippen molar-refractivity contribution in [2.45, 2.75) is 24.7 Å². The highest BCUT2D eigenvalue weighted by molar-refractivity contribution is 7.92. The maximum absolute atomic E-state index is 13.2. The van der Waals surface area contributed by atoms with E-state index < -0.39 is 10.0 Å². The highest BCUT2D eigenvalue weighted by atomic mass is 32.2. The van der Waals surface area contributed by atoms with Gasteiger partial charge in [0.25, 0.3) is 15.9 Å². The second kappa shape index (κ2) is 9.47. The first-order valence-corrected chi connectivity index (χ1v) is 11.6. The van der Waals surface area contributed by atoms with Gasteiger partial charge >= 0.3 is 0 Å². The first-order chi connectivity index (χ1) is 15.2. The van der Waals surface area contributed by atoms with Crippen molar-refractivity contribution in [3.05, 3.63) is 47.5 Å². The number of primary amides is 1. The molecule has 0 saturated carbocycles. The summed E-state index contributed by atoms with van der Waals surface area (Å²) in [5.41, 5.74) is 6.23. The number of para-hydroxylation sites is 1. The summed E-state index contributed by atoms with van der Waals surface area (Å²) in [5, 5.41) is 0. The molecule has 0 spiro atoms. The van der Waals surface area contributed by atoms with Gasteiger partial charge in [0.05, 0.1) is 30.4 Å². The largest absolute Gasteiger partial charge is 0.493 e. The van der Waals surface area contributed by atoms with Crippen LogP contribution in [0.2, 0.25) is 0 Å². The molecular weight excluding hydrogens is 434 g/mol. The van der Waals surface area contributed by atoms with E-state index in [1.807, 2.05) is 0 Å². The number of aryl methyl sites for hydroxylation is 1. The quantitative estimate of drug-likeness (QED) is 0.650. The lowest BCUT2D eigenvalue weighted by Crippen LogP contribution is -2.42. The summed E-state index contributed by atoms with van der Waals surface area (Å²) in [6, 6.07) is 9.39. The van der Waals surface area contributed by atoms with Crippen LogP contribution in [-0.4, -0.2) is 52.4 Å². The van der Waals surface area contributed by atoms with Gasteiger partial charge in [-0.05, 0) is 43.5 Å². The number of hydrogen-bond acceptors (Lipinski definition) is 6. The third-order valence-electron chi connectivity index (χ3n) is 5.56. The number of nitrogens with one attached hydrogen (secondary N) is 1. The summed E-state index contributed by atoms with van der Waals surface area (Å²) in [5.74, 6) is -0.231. The number of nitrogens with two attached hydrogens (primary N) is 1. The molecule has 2 aromatic rings. The van der Waals surface area contributed by atoms with E-state index in [1.165, 1.54) is 26.4 Å². The van der Waals surface area contributed by atoms with Gasteiger partial charge in [-0.1, -0.05) is 12.1 Å². The van der Waals surface area contributed by atoms with E-state index in [2.05, 4.69) is 4.72 Å². The van der Waals surface area contributed by atoms with Crippen LogP contribution in [0.1, 0.15) is 28.8 Å². The van der Waals surface area contributed by atoms with Gasteiger partial charge in [0.1, 0.15) is 0 Å². The Labute approximate surface area is 187 Å². The molecule has 1 aliphatic heterocycles. The van der Waals surface area contributed by atoms with Gasteiger partial charge in [-0.2, -0.15) is 0 Å². The van der Waals surface area contributed by atoms with Crippen molar-refractivity contribution in [3.63, 3.8) is 0 Å². The number of anilines is 1. The number of benzene rings is 2. The zero-order valence-corrected chi connectivity index (χ0v) is 19.1. The smallest absolute Gasteiger partial charge is 0.262 e. The summed E-state index contributed by atoms with van der Waals surface area (Å²) in [4.78, 5) is 26.1. The molecule has 0 atom stereocenters. The molecular formula is C22H27N3O6S.